The molecule has 0 radical (unpaired) electrons. The summed E-state index contributed by atoms with van der Waals surface area (Å²) in [7, 11) is 0. The molecule has 27 heavy (non-hydrogen) atoms. The largest absolute Gasteiger partial charge is 0.478 e. The van der Waals surface area contributed by atoms with Gasteiger partial charge in [0.1, 0.15) is 0 Å². The number of carbonyl (C=O) groups is 2. The summed E-state index contributed by atoms with van der Waals surface area (Å²) < 4.78 is 1.01. The third kappa shape index (κ3) is 3.51. The standard InChI is InChI=1S/C20H12ClNO3S2/c21-14-4-1-11(2-5-14)19-18(20(24)25)13(9-26-19)8-16(23)12-3-6-17-15(7-12)22-10-27-17/h1-7,9-10H,8H2,(H,24,25). The van der Waals surface area contributed by atoms with E-state index in [0.29, 0.717) is 21.0 Å². The molecule has 2 heterocycles. The fraction of sp³-hybridized carbons (Fsp3) is 0.0500. The molecule has 0 atom stereocenters. The second kappa shape index (κ2) is 7.23. The maximum Gasteiger partial charge on any atom is 0.337 e. The van der Waals surface area contributed by atoms with Crippen LogP contribution < -0.4 is 0 Å². The highest BCUT2D eigenvalue weighted by Gasteiger charge is 2.22. The minimum absolute atomic E-state index is 0.0291. The fourth-order valence-electron chi connectivity index (χ4n) is 2.88. The SMILES string of the molecule is O=C(Cc1csc(-c2ccc(Cl)cc2)c1C(=O)O)c1ccc2scnc2c1. The summed E-state index contributed by atoms with van der Waals surface area (Å²) in [5, 5.41) is 12.0. The zero-order valence-electron chi connectivity index (χ0n) is 13.8. The Labute approximate surface area is 167 Å². The van der Waals surface area contributed by atoms with E-state index in [-0.39, 0.29) is 17.8 Å². The number of hydrogen-bond donors (Lipinski definition) is 1. The first-order valence-corrected chi connectivity index (χ1v) is 10.1. The number of halogens is 1. The average Bonchev–Trinajstić information content (AvgIpc) is 3.28. The van der Waals surface area contributed by atoms with Gasteiger partial charge in [-0.25, -0.2) is 9.78 Å². The molecular weight excluding hydrogens is 402 g/mol. The van der Waals surface area contributed by atoms with Crippen LogP contribution in [0.2, 0.25) is 5.02 Å². The summed E-state index contributed by atoms with van der Waals surface area (Å²) in [6, 6.07) is 12.4. The van der Waals surface area contributed by atoms with Crippen LogP contribution in [-0.4, -0.2) is 21.8 Å². The summed E-state index contributed by atoms with van der Waals surface area (Å²) in [6.45, 7) is 0. The van der Waals surface area contributed by atoms with Crippen molar-refractivity contribution in [1.82, 2.24) is 4.98 Å². The molecule has 0 aliphatic rings. The summed E-state index contributed by atoms with van der Waals surface area (Å²) in [5.74, 6) is -1.17. The number of thiophene rings is 1. The van der Waals surface area contributed by atoms with E-state index >= 15 is 0 Å². The third-order valence-corrected chi connectivity index (χ3v) is 6.33. The lowest BCUT2D eigenvalue weighted by Gasteiger charge is -2.04. The van der Waals surface area contributed by atoms with Crippen LogP contribution in [0.25, 0.3) is 20.7 Å². The van der Waals surface area contributed by atoms with E-state index in [1.54, 1.807) is 47.3 Å². The Bertz CT molecular complexity index is 1160. The minimum atomic E-state index is -1.04. The Morgan fingerprint density at radius 3 is 2.59 bits per heavy atom. The van der Waals surface area contributed by atoms with Crippen LogP contribution in [-0.2, 0) is 6.42 Å². The van der Waals surface area contributed by atoms with Gasteiger partial charge in [-0.15, -0.1) is 22.7 Å². The van der Waals surface area contributed by atoms with Gasteiger partial charge < -0.3 is 5.11 Å². The second-order valence-corrected chi connectivity index (χ2v) is 8.11. The zero-order valence-corrected chi connectivity index (χ0v) is 16.2. The maximum absolute atomic E-state index is 12.7. The number of carboxylic acid groups (broad SMARTS) is 1. The molecule has 2 aromatic carbocycles. The molecule has 134 valence electrons. The number of fused-ring (bicyclic) bond motifs is 1. The van der Waals surface area contributed by atoms with Gasteiger partial charge in [0, 0.05) is 21.9 Å². The Hall–Kier alpha value is -2.54. The highest BCUT2D eigenvalue weighted by Crippen LogP contribution is 2.34. The van der Waals surface area contributed by atoms with E-state index < -0.39 is 5.97 Å². The number of carboxylic acids is 1. The Morgan fingerprint density at radius 2 is 1.85 bits per heavy atom. The molecule has 4 aromatic rings. The highest BCUT2D eigenvalue weighted by atomic mass is 35.5. The summed E-state index contributed by atoms with van der Waals surface area (Å²) in [6.07, 6.45) is 0.0291. The van der Waals surface area contributed by atoms with Crippen LogP contribution in [0.3, 0.4) is 0 Å². The zero-order chi connectivity index (χ0) is 19.0. The molecule has 4 rings (SSSR count). The minimum Gasteiger partial charge on any atom is -0.478 e. The van der Waals surface area contributed by atoms with Gasteiger partial charge in [-0.3, -0.25) is 4.79 Å². The van der Waals surface area contributed by atoms with Crippen LogP contribution in [0.15, 0.2) is 53.4 Å². The number of Topliss-reactive ketones (excluding diaryl/α,β-unsaturated/α-hetero) is 1. The van der Waals surface area contributed by atoms with Gasteiger partial charge in [-0.05, 0) is 46.8 Å². The first-order chi connectivity index (χ1) is 13.0. The summed E-state index contributed by atoms with van der Waals surface area (Å²) >= 11 is 8.74. The van der Waals surface area contributed by atoms with Crippen LogP contribution in [0.4, 0.5) is 0 Å². The van der Waals surface area contributed by atoms with Crippen molar-refractivity contribution in [3.63, 3.8) is 0 Å². The number of carbonyl (C=O) groups excluding carboxylic acids is 1. The van der Waals surface area contributed by atoms with Gasteiger partial charge in [0.15, 0.2) is 5.78 Å². The number of aromatic nitrogens is 1. The number of nitrogens with zero attached hydrogens (tertiary/aromatic N) is 1. The predicted molar refractivity (Wildman–Crippen MR) is 109 cm³/mol. The first kappa shape index (κ1) is 17.9. The van der Waals surface area contributed by atoms with Crippen LogP contribution >= 0.6 is 34.3 Å². The third-order valence-electron chi connectivity index (χ3n) is 4.19. The number of aromatic carboxylic acids is 1. The van der Waals surface area contributed by atoms with Crippen molar-refractivity contribution in [1.29, 1.82) is 0 Å². The lowest BCUT2D eigenvalue weighted by molar-refractivity contribution is 0.0697. The van der Waals surface area contributed by atoms with Crippen molar-refractivity contribution >= 4 is 56.2 Å². The molecule has 0 fully saturated rings. The van der Waals surface area contributed by atoms with E-state index in [4.69, 9.17) is 11.6 Å². The van der Waals surface area contributed by atoms with Gasteiger partial charge in [-0.1, -0.05) is 23.7 Å². The van der Waals surface area contributed by atoms with Crippen molar-refractivity contribution < 1.29 is 14.7 Å². The second-order valence-electron chi connectivity index (χ2n) is 5.91. The van der Waals surface area contributed by atoms with Gasteiger partial charge in [0.2, 0.25) is 0 Å². The Morgan fingerprint density at radius 1 is 1.07 bits per heavy atom. The molecule has 4 nitrogen and oxygen atoms in total. The van der Waals surface area contributed by atoms with Gasteiger partial charge >= 0.3 is 5.97 Å². The molecule has 0 spiro atoms. The molecule has 0 unspecified atom stereocenters. The van der Waals surface area contributed by atoms with Gasteiger partial charge in [-0.2, -0.15) is 0 Å². The number of thiazole rings is 1. The van der Waals surface area contributed by atoms with E-state index in [1.807, 2.05) is 6.07 Å². The lowest BCUT2D eigenvalue weighted by Crippen LogP contribution is -2.08. The summed E-state index contributed by atoms with van der Waals surface area (Å²) in [5.41, 5.74) is 4.50. The number of benzene rings is 2. The van der Waals surface area contributed by atoms with Gasteiger partial charge in [0.05, 0.1) is 21.3 Å². The molecule has 2 aromatic heterocycles. The number of hydrogen-bond acceptors (Lipinski definition) is 5. The van der Waals surface area contributed by atoms with Gasteiger partial charge in [0.25, 0.3) is 0 Å². The monoisotopic (exact) mass is 413 g/mol. The number of rotatable bonds is 5. The van der Waals surface area contributed by atoms with Crippen molar-refractivity contribution in [2.45, 2.75) is 6.42 Å². The normalized spacial score (nSPS) is 11.0. The molecule has 0 saturated heterocycles. The highest BCUT2D eigenvalue weighted by molar-refractivity contribution is 7.16. The van der Waals surface area contributed by atoms with Crippen LogP contribution in [0.5, 0.6) is 0 Å². The van der Waals surface area contributed by atoms with Crippen molar-refractivity contribution in [3.8, 4) is 10.4 Å². The first-order valence-electron chi connectivity index (χ1n) is 7.99. The Kier molecular flexibility index (Phi) is 4.78. The van der Waals surface area contributed by atoms with E-state index in [1.165, 1.54) is 22.7 Å². The van der Waals surface area contributed by atoms with E-state index in [2.05, 4.69) is 4.98 Å². The Balaban J connectivity index is 1.68. The van der Waals surface area contributed by atoms with Crippen molar-refractivity contribution in [3.05, 3.63) is 75.1 Å². The fourth-order valence-corrected chi connectivity index (χ4v) is 4.73. The van der Waals surface area contributed by atoms with Crippen molar-refractivity contribution in [2.75, 3.05) is 0 Å². The lowest BCUT2D eigenvalue weighted by atomic mass is 9.99. The topological polar surface area (TPSA) is 67.3 Å². The molecule has 0 bridgehead atoms. The van der Waals surface area contributed by atoms with E-state index in [0.717, 1.165) is 15.8 Å². The molecule has 0 saturated carbocycles. The molecule has 7 heteroatoms. The predicted octanol–water partition coefficient (Wildman–Crippen LogP) is 5.80. The van der Waals surface area contributed by atoms with Crippen LogP contribution in [0.1, 0.15) is 26.3 Å². The molecule has 0 amide bonds. The van der Waals surface area contributed by atoms with Crippen LogP contribution in [0, 0.1) is 0 Å². The molecule has 0 aliphatic heterocycles. The van der Waals surface area contributed by atoms with Crippen molar-refractivity contribution in [2.24, 2.45) is 0 Å². The number of ketones is 1. The smallest absolute Gasteiger partial charge is 0.337 e. The summed E-state index contributed by atoms with van der Waals surface area (Å²) in [4.78, 5) is 29.4. The average molecular weight is 414 g/mol. The molecular formula is C20H12ClNO3S2. The molecule has 0 aliphatic carbocycles. The quantitative estimate of drug-likeness (QED) is 0.420. The maximum atomic E-state index is 12.7. The molecule has 1 N–H and O–H groups in total. The van der Waals surface area contributed by atoms with E-state index in [9.17, 15) is 14.7 Å².